The number of benzene rings is 1. The number of nitrogens with two attached hydrogens (primary N) is 1. The fraction of sp³-hybridized carbons (Fsp3) is 0.333. The average molecular weight is 140 g/mol. The molecule has 0 amide bonds. The molecule has 1 unspecified atom stereocenters. The van der Waals surface area contributed by atoms with Crippen LogP contribution in [0.5, 0.6) is 0 Å². The van der Waals surface area contributed by atoms with Crippen molar-refractivity contribution in [2.24, 2.45) is 5.72 Å². The maximum absolute atomic E-state index is 7.74. The molecule has 1 heteroatoms. The topological polar surface area (TPSA) is 26.0 Å². The highest BCUT2D eigenvalue weighted by atomic mass is 14.6. The van der Waals surface area contributed by atoms with Gasteiger partial charge in [0, 0.05) is 10.1 Å². The van der Waals surface area contributed by atoms with Gasteiger partial charge in [-0.25, -0.2) is 0 Å². The molecule has 0 saturated heterocycles. The van der Waals surface area contributed by atoms with Crippen LogP contribution in [-0.4, -0.2) is 6.02 Å². The molecule has 1 atom stereocenters. The first-order valence-electron chi connectivity index (χ1n) is 5.68. The van der Waals surface area contributed by atoms with Crippen LogP contribution in [0, 0.1) is 0 Å². The standard InChI is InChI=1S/C9H13N/c1-8(10)7-9-5-3-2-4-6-9/h2-6,8H,7,10H2,1H3/i1D2,8D/hD2. The molecule has 0 aliphatic rings. The summed E-state index contributed by atoms with van der Waals surface area (Å²) in [5.41, 5.74) is 0.881. The zero-order chi connectivity index (χ0) is 11.5. The van der Waals surface area contributed by atoms with Crippen molar-refractivity contribution in [2.45, 2.75) is 19.3 Å². The summed E-state index contributed by atoms with van der Waals surface area (Å²) < 4.78 is 36.3. The molecule has 1 nitrogen and oxygen atoms in total. The molecule has 0 aliphatic heterocycles. The molecule has 0 fully saturated rings. The van der Waals surface area contributed by atoms with E-state index in [9.17, 15) is 0 Å². The van der Waals surface area contributed by atoms with Gasteiger partial charge in [0.05, 0.1) is 0 Å². The van der Waals surface area contributed by atoms with Crippen molar-refractivity contribution in [3.05, 3.63) is 35.9 Å². The van der Waals surface area contributed by atoms with E-state index in [2.05, 4.69) is 0 Å². The summed E-state index contributed by atoms with van der Waals surface area (Å²) in [5, 5.41) is 0. The SMILES string of the molecule is [2H]C([2H])C([2H])(Cc1ccccc1)N([2H])[2H]. The monoisotopic (exact) mass is 140 g/mol. The average Bonchev–Trinajstić information content (AvgIpc) is 2.18. The molecule has 54 valence electrons. The van der Waals surface area contributed by atoms with Crippen LogP contribution in [0.1, 0.15) is 16.6 Å². The van der Waals surface area contributed by atoms with Crippen molar-refractivity contribution in [1.29, 1.82) is 0 Å². The summed E-state index contributed by atoms with van der Waals surface area (Å²) >= 11 is 0. The van der Waals surface area contributed by atoms with Gasteiger partial charge in [0.25, 0.3) is 0 Å². The Morgan fingerprint density at radius 1 is 1.70 bits per heavy atom. The van der Waals surface area contributed by atoms with Crippen LogP contribution >= 0.6 is 0 Å². The van der Waals surface area contributed by atoms with Crippen LogP contribution in [0.25, 0.3) is 0 Å². The smallest absolute Gasteiger partial charge is 0.119 e. The van der Waals surface area contributed by atoms with Gasteiger partial charge >= 0.3 is 0 Å². The lowest BCUT2D eigenvalue weighted by Crippen LogP contribution is -2.17. The van der Waals surface area contributed by atoms with Crippen molar-refractivity contribution in [3.8, 4) is 0 Å². The van der Waals surface area contributed by atoms with Gasteiger partial charge in [0.15, 0.2) is 0 Å². The lowest BCUT2D eigenvalue weighted by atomic mass is 10.1. The first kappa shape index (κ1) is 3.05. The first-order valence-corrected chi connectivity index (χ1v) is 3.13. The second-order valence-corrected chi connectivity index (χ2v) is 2.15. The summed E-state index contributed by atoms with van der Waals surface area (Å²) in [4.78, 5) is 0. The van der Waals surface area contributed by atoms with Gasteiger partial charge in [-0.3, -0.25) is 0 Å². The minimum Gasteiger partial charge on any atom is -0.328 e. The van der Waals surface area contributed by atoms with Crippen LogP contribution in [-0.2, 0) is 6.42 Å². The number of hydrogen-bond acceptors (Lipinski definition) is 1. The van der Waals surface area contributed by atoms with Gasteiger partial charge in [-0.2, -0.15) is 0 Å². The highest BCUT2D eigenvalue weighted by Crippen LogP contribution is 2.00. The molecule has 0 heterocycles. The third kappa shape index (κ3) is 2.19. The van der Waals surface area contributed by atoms with Crippen molar-refractivity contribution >= 4 is 0 Å². The molecular formula is C9H13N. The van der Waals surface area contributed by atoms with Gasteiger partial charge in [-0.15, -0.1) is 0 Å². The van der Waals surface area contributed by atoms with E-state index in [0.717, 1.165) is 5.56 Å². The van der Waals surface area contributed by atoms with Gasteiger partial charge in [-0.1, -0.05) is 30.3 Å². The number of hydrogen-bond donors (Lipinski definition) is 1. The van der Waals surface area contributed by atoms with Gasteiger partial charge < -0.3 is 5.72 Å². The Hall–Kier alpha value is -0.820. The largest absolute Gasteiger partial charge is 0.328 e. The van der Waals surface area contributed by atoms with E-state index in [4.69, 9.17) is 6.94 Å². The summed E-state index contributed by atoms with van der Waals surface area (Å²) in [5.74, 6) is 0. The molecule has 1 aromatic rings. The van der Waals surface area contributed by atoms with Crippen molar-refractivity contribution in [1.82, 2.24) is 0 Å². The molecule has 0 aromatic heterocycles. The van der Waals surface area contributed by atoms with Gasteiger partial charge in [0.1, 0.15) is 2.82 Å². The fourth-order valence-electron chi connectivity index (χ4n) is 0.805. The summed E-state index contributed by atoms with van der Waals surface area (Å²) in [7, 11) is 0. The van der Waals surface area contributed by atoms with E-state index in [0.29, 0.717) is 0 Å². The Kier molecular flexibility index (Phi) is 1.03. The van der Waals surface area contributed by atoms with Crippen LogP contribution in [0.2, 0.25) is 2.82 Å². The summed E-state index contributed by atoms with van der Waals surface area (Å²) in [6.07, 6.45) is 0.0263. The van der Waals surface area contributed by atoms with E-state index in [1.807, 2.05) is 6.07 Å². The molecular weight excluding hydrogens is 122 g/mol. The third-order valence-electron chi connectivity index (χ3n) is 1.23. The Morgan fingerprint density at radius 3 is 3.10 bits per heavy atom. The molecule has 0 aliphatic carbocycles. The Bertz CT molecular complexity index is 293. The minimum absolute atomic E-state index is 0.0263. The highest BCUT2D eigenvalue weighted by molar-refractivity contribution is 5.15. The molecule has 1 rings (SSSR count). The molecule has 2 N–H and O–H groups in total. The van der Waals surface area contributed by atoms with Crippen molar-refractivity contribution < 1.29 is 6.94 Å². The molecule has 0 saturated carbocycles. The lowest BCUT2D eigenvalue weighted by molar-refractivity contribution is 0.738. The van der Waals surface area contributed by atoms with Crippen molar-refractivity contribution in [3.63, 3.8) is 0 Å². The molecule has 0 radical (unpaired) electrons. The Labute approximate surface area is 69.0 Å². The zero-order valence-corrected chi connectivity index (χ0v) is 5.62. The van der Waals surface area contributed by atoms with Gasteiger partial charge in [-0.05, 0) is 18.9 Å². The first-order chi connectivity index (χ1) is 6.97. The predicted molar refractivity (Wildman–Crippen MR) is 43.8 cm³/mol. The Balaban J connectivity index is 2.85. The highest BCUT2D eigenvalue weighted by Gasteiger charge is 1.94. The van der Waals surface area contributed by atoms with E-state index >= 15 is 0 Å². The van der Waals surface area contributed by atoms with Crippen LogP contribution in [0.15, 0.2) is 30.3 Å². The summed E-state index contributed by atoms with van der Waals surface area (Å²) in [6.45, 7) is -1.56. The fourth-order valence-corrected chi connectivity index (χ4v) is 0.805. The maximum Gasteiger partial charge on any atom is 0.119 e. The molecule has 0 bridgehead atoms. The third-order valence-corrected chi connectivity index (χ3v) is 1.23. The normalized spacial score (nSPS) is 24.0. The second-order valence-electron chi connectivity index (χ2n) is 2.15. The van der Waals surface area contributed by atoms with Gasteiger partial charge in [0.2, 0.25) is 0 Å². The lowest BCUT2D eigenvalue weighted by Gasteiger charge is -2.02. The quantitative estimate of drug-likeness (QED) is 0.677. The van der Waals surface area contributed by atoms with E-state index in [-0.39, 0.29) is 12.1 Å². The molecule has 1 aromatic carbocycles. The van der Waals surface area contributed by atoms with Crippen molar-refractivity contribution in [2.75, 3.05) is 0 Å². The van der Waals surface area contributed by atoms with Crippen LogP contribution in [0.3, 0.4) is 0 Å². The van der Waals surface area contributed by atoms with Crippen LogP contribution in [0.4, 0.5) is 0 Å². The zero-order valence-electron chi connectivity index (χ0n) is 10.6. The minimum atomic E-state index is -1.85. The predicted octanol–water partition coefficient (Wildman–Crippen LogP) is 1.58. The molecule has 10 heavy (non-hydrogen) atoms. The van der Waals surface area contributed by atoms with Crippen LogP contribution < -0.4 is 5.72 Å². The van der Waals surface area contributed by atoms with E-state index < -0.39 is 12.9 Å². The second kappa shape index (κ2) is 3.37. The number of rotatable bonds is 3. The van der Waals surface area contributed by atoms with E-state index in [1.165, 1.54) is 0 Å². The van der Waals surface area contributed by atoms with E-state index in [1.54, 1.807) is 24.3 Å². The summed E-state index contributed by atoms with van der Waals surface area (Å²) in [6, 6.07) is 7.08. The molecule has 0 spiro atoms. The maximum atomic E-state index is 7.74. The Morgan fingerprint density at radius 2 is 2.50 bits per heavy atom.